The zero-order valence-electron chi connectivity index (χ0n) is 24.4. The summed E-state index contributed by atoms with van der Waals surface area (Å²) in [5.41, 5.74) is 5.68. The number of hydrogen-bond acceptors (Lipinski definition) is 9. The summed E-state index contributed by atoms with van der Waals surface area (Å²) in [5.74, 6) is -2.28. The van der Waals surface area contributed by atoms with Crippen LogP contribution in [-0.4, -0.2) is 77.5 Å². The Morgan fingerprint density at radius 2 is 1.93 bits per heavy atom. The molecule has 2 aliphatic heterocycles. The first-order valence-corrected chi connectivity index (χ1v) is 14.1. The number of aromatic nitrogens is 1. The fourth-order valence-corrected chi connectivity index (χ4v) is 6.50. The molecule has 3 aliphatic rings. The van der Waals surface area contributed by atoms with Crippen LogP contribution in [0.15, 0.2) is 42.1 Å². The monoisotopic (exact) mass is 574 g/mol. The van der Waals surface area contributed by atoms with Crippen molar-refractivity contribution in [3.63, 3.8) is 0 Å². The van der Waals surface area contributed by atoms with Crippen molar-refractivity contribution >= 4 is 18.0 Å². The number of rotatable bonds is 8. The molecule has 1 aromatic rings. The van der Waals surface area contributed by atoms with E-state index in [0.29, 0.717) is 12.8 Å². The molecule has 1 amide bonds. The Morgan fingerprint density at radius 3 is 2.54 bits per heavy atom. The molecule has 11 heteroatoms. The number of carbonyl (C=O) groups is 3. The topological polar surface area (TPSA) is 159 Å². The standard InChI is InChI=1S/C30H42N2O9/c1-15-12-16(2)30-14-20(9-10-21(30)13-23(37-6)28(35)39-24(15)18(4)33)26(41-30)25(17(3)19(5)38-29(31)36)40-27(34)22-8-7-11-32-22/h7-12,15,17-21,23-26,32-33H,13-14H2,1-6H3,(H2,31,36)/b16-12+/t15-,17-,18-,19+,20-,21?,23+,24+,25-,26-,30+/m1/s1. The van der Waals surface area contributed by atoms with Gasteiger partial charge in [0.1, 0.15) is 30.1 Å². The molecule has 11 nitrogen and oxygen atoms in total. The van der Waals surface area contributed by atoms with Crippen LogP contribution in [-0.2, 0) is 28.5 Å². The van der Waals surface area contributed by atoms with Gasteiger partial charge in [-0.1, -0.05) is 32.1 Å². The highest BCUT2D eigenvalue weighted by Crippen LogP contribution is 2.53. The number of carbonyl (C=O) groups excluding carboxylic acids is 3. The van der Waals surface area contributed by atoms with E-state index >= 15 is 0 Å². The SMILES string of the molecule is CO[C@H]1CC2C=C[C@@H]3C[C@]2(O[C@H]3[C@H](OC(=O)c2ccc[nH]2)[C@H](C)[C@H](C)OC(N)=O)/C(C)=C/[C@@H](C)[C@@H]([C@@H](C)O)OC1=O. The molecule has 4 N–H and O–H groups in total. The number of nitrogens with two attached hydrogens (primary N) is 1. The van der Waals surface area contributed by atoms with E-state index in [4.69, 9.17) is 29.4 Å². The summed E-state index contributed by atoms with van der Waals surface area (Å²) in [5, 5.41) is 10.4. The Balaban J connectivity index is 1.74. The van der Waals surface area contributed by atoms with E-state index in [0.717, 1.165) is 5.57 Å². The van der Waals surface area contributed by atoms with Crippen molar-refractivity contribution in [1.29, 1.82) is 0 Å². The highest BCUT2D eigenvalue weighted by molar-refractivity contribution is 5.87. The van der Waals surface area contributed by atoms with Gasteiger partial charge < -0.3 is 39.5 Å². The summed E-state index contributed by atoms with van der Waals surface area (Å²) < 4.78 is 29.6. The van der Waals surface area contributed by atoms with E-state index < -0.39 is 66.2 Å². The second-order valence-electron chi connectivity index (χ2n) is 11.6. The maximum Gasteiger partial charge on any atom is 0.404 e. The third-order valence-corrected chi connectivity index (χ3v) is 8.88. The van der Waals surface area contributed by atoms with Crippen molar-refractivity contribution in [3.8, 4) is 0 Å². The summed E-state index contributed by atoms with van der Waals surface area (Å²) in [6, 6.07) is 3.32. The van der Waals surface area contributed by atoms with Crippen molar-refractivity contribution in [2.24, 2.45) is 29.4 Å². The van der Waals surface area contributed by atoms with Crippen LogP contribution in [0.3, 0.4) is 0 Å². The predicted molar refractivity (Wildman–Crippen MR) is 148 cm³/mol. The second kappa shape index (κ2) is 12.4. The first kappa shape index (κ1) is 30.8. The third kappa shape index (κ3) is 6.22. The highest BCUT2D eigenvalue weighted by Gasteiger charge is 2.57. The maximum atomic E-state index is 13.1. The van der Waals surface area contributed by atoms with Crippen LogP contribution < -0.4 is 5.73 Å². The molecule has 1 aromatic heterocycles. The van der Waals surface area contributed by atoms with Gasteiger partial charge in [-0.2, -0.15) is 0 Å². The molecule has 1 unspecified atom stereocenters. The Labute approximate surface area is 240 Å². The van der Waals surface area contributed by atoms with Gasteiger partial charge in [0, 0.05) is 37.0 Å². The summed E-state index contributed by atoms with van der Waals surface area (Å²) >= 11 is 0. The fraction of sp³-hybridized carbons (Fsp3) is 0.633. The van der Waals surface area contributed by atoms with E-state index in [1.54, 1.807) is 32.2 Å². The Morgan fingerprint density at radius 1 is 1.20 bits per heavy atom. The van der Waals surface area contributed by atoms with Crippen LogP contribution in [0.4, 0.5) is 4.79 Å². The van der Waals surface area contributed by atoms with Crippen LogP contribution in [0.1, 0.15) is 57.9 Å². The molecular weight excluding hydrogens is 532 g/mol. The molecule has 226 valence electrons. The number of aliphatic hydroxyl groups excluding tert-OH is 1. The molecular formula is C30H42N2O9. The van der Waals surface area contributed by atoms with Gasteiger partial charge >= 0.3 is 18.0 Å². The van der Waals surface area contributed by atoms with Crippen molar-refractivity contribution in [2.75, 3.05) is 7.11 Å². The zero-order chi connectivity index (χ0) is 30.1. The number of cyclic esters (lactones) is 1. The van der Waals surface area contributed by atoms with Gasteiger partial charge in [-0.25, -0.2) is 14.4 Å². The minimum Gasteiger partial charge on any atom is -0.457 e. The van der Waals surface area contributed by atoms with E-state index in [1.807, 2.05) is 39.0 Å². The summed E-state index contributed by atoms with van der Waals surface area (Å²) in [6.07, 6.45) is 3.05. The van der Waals surface area contributed by atoms with E-state index in [2.05, 4.69) is 4.98 Å². The molecule has 0 radical (unpaired) electrons. The molecule has 1 fully saturated rings. The number of ether oxygens (including phenoxy) is 5. The molecule has 0 aromatic carbocycles. The van der Waals surface area contributed by atoms with Gasteiger partial charge in [0.2, 0.25) is 0 Å². The number of esters is 2. The first-order valence-electron chi connectivity index (χ1n) is 14.1. The van der Waals surface area contributed by atoms with E-state index in [9.17, 15) is 19.5 Å². The lowest BCUT2D eigenvalue weighted by Crippen LogP contribution is -2.48. The summed E-state index contributed by atoms with van der Waals surface area (Å²) in [6.45, 7) is 8.98. The summed E-state index contributed by atoms with van der Waals surface area (Å²) in [7, 11) is 1.46. The van der Waals surface area contributed by atoms with Gasteiger partial charge in [0.25, 0.3) is 0 Å². The predicted octanol–water partition coefficient (Wildman–Crippen LogP) is 3.28. The van der Waals surface area contributed by atoms with Crippen molar-refractivity contribution in [1.82, 2.24) is 4.98 Å². The summed E-state index contributed by atoms with van der Waals surface area (Å²) in [4.78, 5) is 40.7. The van der Waals surface area contributed by atoms with Crippen LogP contribution >= 0.6 is 0 Å². The van der Waals surface area contributed by atoms with Gasteiger partial charge in [-0.3, -0.25) is 0 Å². The van der Waals surface area contributed by atoms with Crippen LogP contribution in [0, 0.1) is 23.7 Å². The highest BCUT2D eigenvalue weighted by atomic mass is 16.6. The minimum atomic E-state index is -0.923. The number of primary amides is 1. The first-order chi connectivity index (χ1) is 19.4. The van der Waals surface area contributed by atoms with Crippen molar-refractivity contribution in [2.45, 2.75) is 89.7 Å². The lowest BCUT2D eigenvalue weighted by Gasteiger charge is -2.41. The largest absolute Gasteiger partial charge is 0.457 e. The Bertz CT molecular complexity index is 1160. The Hall–Kier alpha value is -3.15. The van der Waals surface area contributed by atoms with Crippen LogP contribution in [0.5, 0.6) is 0 Å². The Kier molecular flexibility index (Phi) is 9.30. The molecule has 11 atom stereocenters. The molecule has 4 rings (SSSR count). The molecule has 0 saturated carbocycles. The molecule has 3 heterocycles. The lowest BCUT2D eigenvalue weighted by atomic mass is 9.69. The smallest absolute Gasteiger partial charge is 0.404 e. The zero-order valence-corrected chi connectivity index (χ0v) is 24.4. The number of amides is 1. The van der Waals surface area contributed by atoms with Crippen molar-refractivity contribution < 1.29 is 43.2 Å². The number of fused-ring (bicyclic) bond motifs is 1. The maximum absolute atomic E-state index is 13.1. The number of nitrogens with one attached hydrogen (secondary N) is 1. The molecule has 1 spiro atoms. The minimum absolute atomic E-state index is 0.141. The number of hydrogen-bond donors (Lipinski definition) is 3. The van der Waals surface area contributed by atoms with E-state index in [-0.39, 0.29) is 23.4 Å². The number of aliphatic hydroxyl groups is 1. The average molecular weight is 575 g/mol. The van der Waals surface area contributed by atoms with Crippen LogP contribution in [0.2, 0.25) is 0 Å². The van der Waals surface area contributed by atoms with Gasteiger partial charge in [0.05, 0.1) is 11.7 Å². The van der Waals surface area contributed by atoms with Gasteiger partial charge in [0.15, 0.2) is 6.10 Å². The van der Waals surface area contributed by atoms with Crippen molar-refractivity contribution in [3.05, 3.63) is 47.8 Å². The number of H-pyrrole nitrogens is 1. The van der Waals surface area contributed by atoms with Gasteiger partial charge in [-0.15, -0.1) is 0 Å². The van der Waals surface area contributed by atoms with Gasteiger partial charge in [-0.05, 0) is 51.3 Å². The van der Waals surface area contributed by atoms with E-state index in [1.165, 1.54) is 7.11 Å². The second-order valence-corrected chi connectivity index (χ2v) is 11.6. The number of methoxy groups -OCH3 is 1. The number of aromatic amines is 1. The lowest BCUT2D eigenvalue weighted by molar-refractivity contribution is -0.172. The third-order valence-electron chi connectivity index (χ3n) is 8.88. The molecule has 41 heavy (non-hydrogen) atoms. The average Bonchev–Trinajstić information content (AvgIpc) is 3.56. The molecule has 2 bridgehead atoms. The molecule has 1 aliphatic carbocycles. The molecule has 1 saturated heterocycles. The quantitative estimate of drug-likeness (QED) is 0.241. The normalized spacial score (nSPS) is 35.6. The fourth-order valence-electron chi connectivity index (χ4n) is 6.50. The van der Waals surface area contributed by atoms with Crippen LogP contribution in [0.25, 0.3) is 0 Å².